The smallest absolute Gasteiger partial charge is 0.246 e. The third-order valence-corrected chi connectivity index (χ3v) is 3.78. The number of anilines is 1. The second kappa shape index (κ2) is 7.21. The maximum atomic E-state index is 12.1. The molecule has 2 heterocycles. The molecule has 0 saturated heterocycles. The van der Waals surface area contributed by atoms with Crippen LogP contribution < -0.4 is 10.1 Å². The Morgan fingerprint density at radius 3 is 2.96 bits per heavy atom. The van der Waals surface area contributed by atoms with Gasteiger partial charge in [-0.1, -0.05) is 11.2 Å². The van der Waals surface area contributed by atoms with E-state index in [1.54, 1.807) is 26.1 Å². The van der Waals surface area contributed by atoms with Gasteiger partial charge in [-0.25, -0.2) is 0 Å². The van der Waals surface area contributed by atoms with E-state index in [4.69, 9.17) is 9.26 Å². The topological polar surface area (TPSA) is 84.7 Å². The number of benzene rings is 1. The second-order valence-electron chi connectivity index (χ2n) is 5.86. The number of aryl methyl sites for hydroxylation is 1. The zero-order valence-corrected chi connectivity index (χ0v) is 14.1. The summed E-state index contributed by atoms with van der Waals surface area (Å²) in [5, 5.41) is 6.25. The number of nitrogens with zero attached hydrogens (tertiary/aromatic N) is 2. The first-order valence-electron chi connectivity index (χ1n) is 7.93. The highest BCUT2D eigenvalue weighted by molar-refractivity contribution is 5.97. The Labute approximate surface area is 145 Å². The molecule has 0 unspecified atom stereocenters. The van der Waals surface area contributed by atoms with Crippen LogP contribution in [0.5, 0.6) is 5.75 Å². The number of amides is 2. The maximum absolute atomic E-state index is 12.1. The molecule has 1 N–H and O–H groups in total. The van der Waals surface area contributed by atoms with Crippen LogP contribution in [0, 0.1) is 6.92 Å². The highest BCUT2D eigenvalue weighted by atomic mass is 16.5. The van der Waals surface area contributed by atoms with E-state index in [9.17, 15) is 9.59 Å². The molecule has 1 aromatic heterocycles. The number of ether oxygens (including phenoxy) is 1. The van der Waals surface area contributed by atoms with Gasteiger partial charge in [0, 0.05) is 25.6 Å². The summed E-state index contributed by atoms with van der Waals surface area (Å²) >= 11 is 0. The molecular formula is C18H19N3O4. The molecule has 0 aliphatic carbocycles. The SMILES string of the molecule is Cc1cc(NC(=O)CN(C)C(=O)/C=C/c2ccc3c(c2)CCO3)no1. The van der Waals surface area contributed by atoms with Crippen molar-refractivity contribution in [2.75, 3.05) is 25.5 Å². The van der Waals surface area contributed by atoms with Crippen molar-refractivity contribution in [3.63, 3.8) is 0 Å². The summed E-state index contributed by atoms with van der Waals surface area (Å²) in [6.45, 7) is 2.35. The molecule has 0 saturated carbocycles. The van der Waals surface area contributed by atoms with Crippen LogP contribution in [-0.2, 0) is 16.0 Å². The first-order valence-corrected chi connectivity index (χ1v) is 7.93. The van der Waals surface area contributed by atoms with E-state index in [2.05, 4.69) is 10.5 Å². The van der Waals surface area contributed by atoms with E-state index in [-0.39, 0.29) is 18.4 Å². The fraction of sp³-hybridized carbons (Fsp3) is 0.278. The van der Waals surface area contributed by atoms with Crippen LogP contribution in [0.4, 0.5) is 5.82 Å². The Morgan fingerprint density at radius 1 is 1.36 bits per heavy atom. The summed E-state index contributed by atoms with van der Waals surface area (Å²) in [6, 6.07) is 7.42. The van der Waals surface area contributed by atoms with Crippen molar-refractivity contribution in [2.24, 2.45) is 0 Å². The molecule has 0 fully saturated rings. The first-order chi connectivity index (χ1) is 12.0. The predicted octanol–water partition coefficient (Wildman–Crippen LogP) is 2.03. The van der Waals surface area contributed by atoms with Crippen molar-refractivity contribution in [2.45, 2.75) is 13.3 Å². The van der Waals surface area contributed by atoms with Crippen LogP contribution in [0.1, 0.15) is 16.9 Å². The fourth-order valence-electron chi connectivity index (χ4n) is 2.51. The molecule has 0 spiro atoms. The maximum Gasteiger partial charge on any atom is 0.246 e. The van der Waals surface area contributed by atoms with Crippen LogP contribution in [0.15, 0.2) is 34.9 Å². The molecule has 2 amide bonds. The largest absolute Gasteiger partial charge is 0.493 e. The summed E-state index contributed by atoms with van der Waals surface area (Å²) in [5.74, 6) is 1.23. The molecular weight excluding hydrogens is 322 g/mol. The highest BCUT2D eigenvalue weighted by Gasteiger charge is 2.13. The van der Waals surface area contributed by atoms with Crippen LogP contribution in [0.25, 0.3) is 6.08 Å². The molecule has 1 aliphatic heterocycles. The normalized spacial score (nSPS) is 12.7. The molecule has 7 heteroatoms. The van der Waals surface area contributed by atoms with Gasteiger partial charge >= 0.3 is 0 Å². The number of carbonyl (C=O) groups is 2. The minimum atomic E-state index is -0.341. The van der Waals surface area contributed by atoms with Crippen LogP contribution >= 0.6 is 0 Å². The summed E-state index contributed by atoms with van der Waals surface area (Å²) in [4.78, 5) is 25.4. The molecule has 0 bridgehead atoms. The molecule has 7 nitrogen and oxygen atoms in total. The number of likely N-dealkylation sites (N-methyl/N-ethyl adjacent to an activating group) is 1. The van der Waals surface area contributed by atoms with E-state index >= 15 is 0 Å². The van der Waals surface area contributed by atoms with Crippen molar-refractivity contribution in [1.29, 1.82) is 0 Å². The van der Waals surface area contributed by atoms with Gasteiger partial charge in [0.1, 0.15) is 11.5 Å². The third kappa shape index (κ3) is 4.26. The fourth-order valence-corrected chi connectivity index (χ4v) is 2.51. The van der Waals surface area contributed by atoms with Gasteiger partial charge in [0.15, 0.2) is 5.82 Å². The number of hydrogen-bond acceptors (Lipinski definition) is 5. The number of carbonyl (C=O) groups excluding carboxylic acids is 2. The summed E-state index contributed by atoms with van der Waals surface area (Å²) in [7, 11) is 1.57. The highest BCUT2D eigenvalue weighted by Crippen LogP contribution is 2.26. The van der Waals surface area contributed by atoms with Crippen molar-refractivity contribution in [1.82, 2.24) is 10.1 Å². The monoisotopic (exact) mass is 341 g/mol. The lowest BCUT2D eigenvalue weighted by Crippen LogP contribution is -2.33. The molecule has 3 rings (SSSR count). The van der Waals surface area contributed by atoms with Crippen molar-refractivity contribution in [3.05, 3.63) is 47.2 Å². The van der Waals surface area contributed by atoms with Gasteiger partial charge in [-0.2, -0.15) is 0 Å². The van der Waals surface area contributed by atoms with Gasteiger partial charge < -0.3 is 19.5 Å². The Balaban J connectivity index is 1.54. The molecule has 1 aromatic carbocycles. The van der Waals surface area contributed by atoms with Crippen LogP contribution in [-0.4, -0.2) is 42.1 Å². The lowest BCUT2D eigenvalue weighted by Gasteiger charge is -2.13. The van der Waals surface area contributed by atoms with Crippen molar-refractivity contribution < 1.29 is 18.8 Å². The molecule has 25 heavy (non-hydrogen) atoms. The van der Waals surface area contributed by atoms with Gasteiger partial charge in [0.2, 0.25) is 11.8 Å². The molecule has 0 radical (unpaired) electrons. The van der Waals surface area contributed by atoms with Crippen LogP contribution in [0.3, 0.4) is 0 Å². The Bertz CT molecular complexity index is 825. The summed E-state index contributed by atoms with van der Waals surface area (Å²) in [6.07, 6.45) is 4.06. The van der Waals surface area contributed by atoms with Gasteiger partial charge in [0.05, 0.1) is 13.2 Å². The van der Waals surface area contributed by atoms with Gasteiger partial charge in [-0.15, -0.1) is 0 Å². The van der Waals surface area contributed by atoms with E-state index in [1.165, 1.54) is 11.0 Å². The molecule has 130 valence electrons. The van der Waals surface area contributed by atoms with Gasteiger partial charge in [-0.05, 0) is 36.3 Å². The first kappa shape index (κ1) is 16.8. The minimum absolute atomic E-state index is 0.0763. The van der Waals surface area contributed by atoms with Gasteiger partial charge in [0.25, 0.3) is 0 Å². The van der Waals surface area contributed by atoms with Crippen molar-refractivity contribution >= 4 is 23.7 Å². The van der Waals surface area contributed by atoms with Gasteiger partial charge in [-0.3, -0.25) is 9.59 Å². The third-order valence-electron chi connectivity index (χ3n) is 3.78. The average molecular weight is 341 g/mol. The number of nitrogens with one attached hydrogen (secondary N) is 1. The molecule has 2 aromatic rings. The van der Waals surface area contributed by atoms with E-state index in [1.807, 2.05) is 18.2 Å². The Kier molecular flexibility index (Phi) is 4.83. The summed E-state index contributed by atoms with van der Waals surface area (Å²) in [5.41, 5.74) is 2.07. The second-order valence-corrected chi connectivity index (χ2v) is 5.86. The quantitative estimate of drug-likeness (QED) is 0.841. The number of hydrogen-bond donors (Lipinski definition) is 1. The van der Waals surface area contributed by atoms with E-state index < -0.39 is 0 Å². The number of fused-ring (bicyclic) bond motifs is 1. The average Bonchev–Trinajstić information content (AvgIpc) is 3.20. The molecule has 0 atom stereocenters. The van der Waals surface area contributed by atoms with E-state index in [0.717, 1.165) is 23.3 Å². The number of rotatable bonds is 5. The predicted molar refractivity (Wildman–Crippen MR) is 92.2 cm³/mol. The Hall–Kier alpha value is -3.09. The standard InChI is InChI=1S/C18H19N3O4/c1-12-9-16(20-25-12)19-17(22)11-21(2)18(23)6-4-13-3-5-15-14(10-13)7-8-24-15/h3-6,9-10H,7-8,11H2,1-2H3,(H,19,20,22)/b6-4+. The zero-order valence-electron chi connectivity index (χ0n) is 14.1. The lowest BCUT2D eigenvalue weighted by atomic mass is 10.1. The number of aromatic nitrogens is 1. The van der Waals surface area contributed by atoms with Crippen LogP contribution in [0.2, 0.25) is 0 Å². The molecule has 1 aliphatic rings. The lowest BCUT2D eigenvalue weighted by molar-refractivity contribution is -0.129. The van der Waals surface area contributed by atoms with E-state index in [0.29, 0.717) is 18.2 Å². The minimum Gasteiger partial charge on any atom is -0.493 e. The zero-order chi connectivity index (χ0) is 17.8. The van der Waals surface area contributed by atoms with Crippen molar-refractivity contribution in [3.8, 4) is 5.75 Å². The Morgan fingerprint density at radius 2 is 2.20 bits per heavy atom. The summed E-state index contributed by atoms with van der Waals surface area (Å²) < 4.78 is 10.3.